The third kappa shape index (κ3) is 2.16. The summed E-state index contributed by atoms with van der Waals surface area (Å²) in [7, 11) is 1.97. The summed E-state index contributed by atoms with van der Waals surface area (Å²) >= 11 is 0. The summed E-state index contributed by atoms with van der Waals surface area (Å²) in [5, 5.41) is 0. The Balaban J connectivity index is 1.67. The zero-order valence-corrected chi connectivity index (χ0v) is 11.2. The minimum Gasteiger partial charge on any atom is -0.343 e. The lowest BCUT2D eigenvalue weighted by molar-refractivity contribution is -0.131. The molecule has 0 spiro atoms. The van der Waals surface area contributed by atoms with Crippen LogP contribution < -0.4 is 0 Å². The van der Waals surface area contributed by atoms with E-state index in [0.717, 1.165) is 12.8 Å². The van der Waals surface area contributed by atoms with Crippen molar-refractivity contribution >= 4 is 5.91 Å². The molecule has 2 fully saturated rings. The fraction of sp³-hybridized carbons (Fsp3) is 0.562. The fourth-order valence-corrected chi connectivity index (χ4v) is 2.78. The number of carbonyl (C=O) groups is 1. The third-order valence-electron chi connectivity index (χ3n) is 4.34. The van der Waals surface area contributed by atoms with E-state index in [-0.39, 0.29) is 5.92 Å². The molecule has 2 saturated carbocycles. The van der Waals surface area contributed by atoms with Gasteiger partial charge in [-0.15, -0.1) is 0 Å². The van der Waals surface area contributed by atoms with E-state index in [1.54, 1.807) is 0 Å². The molecule has 2 aliphatic rings. The Bertz CT molecular complexity index is 464. The van der Waals surface area contributed by atoms with Crippen LogP contribution in [0.15, 0.2) is 24.3 Å². The molecule has 1 amide bonds. The second kappa shape index (κ2) is 4.42. The molecule has 2 aliphatic carbocycles. The van der Waals surface area contributed by atoms with Crippen LogP contribution in [-0.2, 0) is 11.2 Å². The highest BCUT2D eigenvalue weighted by Crippen LogP contribution is 2.49. The van der Waals surface area contributed by atoms with Crippen LogP contribution in [0, 0.1) is 5.92 Å². The van der Waals surface area contributed by atoms with E-state index in [2.05, 4.69) is 31.2 Å². The predicted molar refractivity (Wildman–Crippen MR) is 72.5 cm³/mol. The molecule has 0 aliphatic heterocycles. The number of hydrogen-bond donors (Lipinski definition) is 0. The van der Waals surface area contributed by atoms with Crippen molar-refractivity contribution in [1.82, 2.24) is 4.90 Å². The summed E-state index contributed by atoms with van der Waals surface area (Å²) in [4.78, 5) is 14.2. The van der Waals surface area contributed by atoms with Crippen LogP contribution in [0.2, 0.25) is 0 Å². The van der Waals surface area contributed by atoms with Crippen LogP contribution in [0.1, 0.15) is 43.2 Å². The lowest BCUT2D eigenvalue weighted by Gasteiger charge is -2.16. The van der Waals surface area contributed by atoms with Crippen LogP contribution >= 0.6 is 0 Å². The molecule has 3 rings (SSSR count). The highest BCUT2D eigenvalue weighted by Gasteiger charge is 2.47. The first-order valence-electron chi connectivity index (χ1n) is 7.06. The molecule has 0 aromatic heterocycles. The number of benzene rings is 1. The van der Waals surface area contributed by atoms with Crippen molar-refractivity contribution in [2.24, 2.45) is 5.92 Å². The normalized spacial score (nSPS) is 25.9. The van der Waals surface area contributed by atoms with Crippen LogP contribution in [0.4, 0.5) is 0 Å². The third-order valence-corrected chi connectivity index (χ3v) is 4.34. The largest absolute Gasteiger partial charge is 0.343 e. The molecule has 2 atom stereocenters. The molecule has 96 valence electrons. The Morgan fingerprint density at radius 3 is 2.83 bits per heavy atom. The van der Waals surface area contributed by atoms with Crippen LogP contribution in [0.3, 0.4) is 0 Å². The van der Waals surface area contributed by atoms with Gasteiger partial charge in [0.25, 0.3) is 0 Å². The zero-order valence-electron chi connectivity index (χ0n) is 11.2. The van der Waals surface area contributed by atoms with Gasteiger partial charge in [-0.2, -0.15) is 0 Å². The number of carbonyl (C=O) groups excluding carboxylic acids is 1. The van der Waals surface area contributed by atoms with Crippen molar-refractivity contribution in [3.8, 4) is 0 Å². The first kappa shape index (κ1) is 11.8. The highest BCUT2D eigenvalue weighted by molar-refractivity contribution is 5.83. The van der Waals surface area contributed by atoms with Gasteiger partial charge in [0, 0.05) is 19.0 Å². The van der Waals surface area contributed by atoms with Crippen molar-refractivity contribution in [1.29, 1.82) is 0 Å². The van der Waals surface area contributed by atoms with Gasteiger partial charge < -0.3 is 4.90 Å². The first-order valence-corrected chi connectivity index (χ1v) is 7.06. The van der Waals surface area contributed by atoms with E-state index >= 15 is 0 Å². The Hall–Kier alpha value is -1.31. The molecule has 0 unspecified atom stereocenters. The molecule has 2 heteroatoms. The molecule has 0 heterocycles. The highest BCUT2D eigenvalue weighted by atomic mass is 16.2. The van der Waals surface area contributed by atoms with Gasteiger partial charge in [-0.1, -0.05) is 31.2 Å². The Morgan fingerprint density at radius 2 is 2.17 bits per heavy atom. The molecule has 1 aromatic rings. The average Bonchev–Trinajstić information content (AvgIpc) is 3.29. The number of hydrogen-bond acceptors (Lipinski definition) is 1. The number of amides is 1. The van der Waals surface area contributed by atoms with E-state index in [9.17, 15) is 4.79 Å². The van der Waals surface area contributed by atoms with E-state index in [1.165, 1.54) is 24.0 Å². The molecule has 2 nitrogen and oxygen atoms in total. The second-order valence-corrected chi connectivity index (χ2v) is 5.73. The summed E-state index contributed by atoms with van der Waals surface area (Å²) in [5.74, 6) is 1.09. The quantitative estimate of drug-likeness (QED) is 0.796. The lowest BCUT2D eigenvalue weighted by Crippen LogP contribution is -2.30. The van der Waals surface area contributed by atoms with Crippen molar-refractivity contribution in [3.05, 3.63) is 35.4 Å². The van der Waals surface area contributed by atoms with Gasteiger partial charge in [-0.25, -0.2) is 0 Å². The van der Waals surface area contributed by atoms with Crippen molar-refractivity contribution in [3.63, 3.8) is 0 Å². The topological polar surface area (TPSA) is 20.3 Å². The maximum Gasteiger partial charge on any atom is 0.226 e. The molecular formula is C16H21NO. The van der Waals surface area contributed by atoms with Gasteiger partial charge in [0.2, 0.25) is 5.91 Å². The molecule has 0 N–H and O–H groups in total. The summed E-state index contributed by atoms with van der Waals surface area (Å²) in [6.45, 7) is 2.18. The number of nitrogens with zero attached hydrogens (tertiary/aromatic N) is 1. The summed E-state index contributed by atoms with van der Waals surface area (Å²) in [6.07, 6.45) is 4.51. The smallest absolute Gasteiger partial charge is 0.226 e. The van der Waals surface area contributed by atoms with Crippen LogP contribution in [0.5, 0.6) is 0 Å². The van der Waals surface area contributed by atoms with Gasteiger partial charge in [-0.05, 0) is 42.7 Å². The molecule has 1 aromatic carbocycles. The maximum absolute atomic E-state index is 12.3. The van der Waals surface area contributed by atoms with Crippen molar-refractivity contribution < 1.29 is 4.79 Å². The Morgan fingerprint density at radius 1 is 1.39 bits per heavy atom. The monoisotopic (exact) mass is 243 g/mol. The Labute approximate surface area is 109 Å². The predicted octanol–water partition coefficient (Wildman–Crippen LogP) is 2.97. The molecule has 0 bridgehead atoms. The summed E-state index contributed by atoms with van der Waals surface area (Å²) in [5.41, 5.74) is 2.73. The first-order chi connectivity index (χ1) is 8.70. The van der Waals surface area contributed by atoms with Gasteiger partial charge in [0.15, 0.2) is 0 Å². The average molecular weight is 243 g/mol. The standard InChI is InChI=1S/C16H21NO/c1-3-11-5-4-6-12(9-11)14-10-15(14)16(18)17(2)13-7-8-13/h4-6,9,13-15H,3,7-8,10H2,1-2H3/t14-,15+/m0/s1. The molecule has 0 saturated heterocycles. The summed E-state index contributed by atoms with van der Waals surface area (Å²) < 4.78 is 0. The van der Waals surface area contributed by atoms with Gasteiger partial charge in [0.05, 0.1) is 0 Å². The van der Waals surface area contributed by atoms with Gasteiger partial charge in [0.1, 0.15) is 0 Å². The lowest BCUT2D eigenvalue weighted by atomic mass is 10.0. The maximum atomic E-state index is 12.3. The van der Waals surface area contributed by atoms with Crippen LogP contribution in [0.25, 0.3) is 0 Å². The molecule has 0 radical (unpaired) electrons. The number of aryl methyl sites for hydroxylation is 1. The SMILES string of the molecule is CCc1cccc([C@@H]2C[C@H]2C(=O)N(C)C2CC2)c1. The molecule has 18 heavy (non-hydrogen) atoms. The number of rotatable bonds is 4. The zero-order chi connectivity index (χ0) is 12.7. The van der Waals surface area contributed by atoms with E-state index in [4.69, 9.17) is 0 Å². The van der Waals surface area contributed by atoms with Gasteiger partial charge in [-0.3, -0.25) is 4.79 Å². The minimum absolute atomic E-state index is 0.253. The second-order valence-electron chi connectivity index (χ2n) is 5.73. The summed E-state index contributed by atoms with van der Waals surface area (Å²) in [6, 6.07) is 9.28. The van der Waals surface area contributed by atoms with E-state index in [1.807, 2.05) is 11.9 Å². The van der Waals surface area contributed by atoms with Crippen LogP contribution in [-0.4, -0.2) is 23.9 Å². The van der Waals surface area contributed by atoms with Crippen molar-refractivity contribution in [2.45, 2.75) is 44.6 Å². The van der Waals surface area contributed by atoms with Crippen molar-refractivity contribution in [2.75, 3.05) is 7.05 Å². The minimum atomic E-state index is 0.253. The van der Waals surface area contributed by atoms with Gasteiger partial charge >= 0.3 is 0 Å². The molecular weight excluding hydrogens is 222 g/mol. The Kier molecular flexibility index (Phi) is 2.89. The van der Waals surface area contributed by atoms with E-state index < -0.39 is 0 Å². The van der Waals surface area contributed by atoms with E-state index in [0.29, 0.717) is 17.9 Å². The fourth-order valence-electron chi connectivity index (χ4n) is 2.78.